The molecule has 1 aromatic carbocycles. The van der Waals surface area contributed by atoms with Crippen LogP contribution >= 0.6 is 23.2 Å². The third-order valence-corrected chi connectivity index (χ3v) is 3.26. The van der Waals surface area contributed by atoms with Crippen LogP contribution in [0.5, 0.6) is 0 Å². The number of nitrogens with zero attached hydrogens (tertiary/aromatic N) is 2. The molecule has 1 heterocycles. The molecule has 0 atom stereocenters. The Balaban J connectivity index is 2.19. The Kier molecular flexibility index (Phi) is 5.26. The van der Waals surface area contributed by atoms with Crippen LogP contribution in [0.2, 0.25) is 10.0 Å². The van der Waals surface area contributed by atoms with E-state index in [0.717, 1.165) is 17.9 Å². The van der Waals surface area contributed by atoms with Gasteiger partial charge < -0.3 is 10.6 Å². The minimum Gasteiger partial charge on any atom is -0.354 e. The lowest BCUT2D eigenvalue weighted by Crippen LogP contribution is -2.11. The van der Waals surface area contributed by atoms with Gasteiger partial charge in [0.05, 0.1) is 10.7 Å². The summed E-state index contributed by atoms with van der Waals surface area (Å²) in [5.41, 5.74) is 1.64. The lowest BCUT2D eigenvalue weighted by atomic mass is 10.2. The molecule has 0 spiro atoms. The number of aromatic nitrogens is 2. The number of hydrogen-bond donors (Lipinski definition) is 2. The van der Waals surface area contributed by atoms with Gasteiger partial charge in [0.15, 0.2) is 0 Å². The van der Waals surface area contributed by atoms with E-state index in [1.54, 1.807) is 12.1 Å². The highest BCUT2D eigenvalue weighted by Gasteiger charge is 2.06. The summed E-state index contributed by atoms with van der Waals surface area (Å²) < 4.78 is 0. The molecule has 6 heteroatoms. The highest BCUT2D eigenvalue weighted by Crippen LogP contribution is 2.28. The number of anilines is 3. The van der Waals surface area contributed by atoms with Crippen LogP contribution in [-0.2, 0) is 0 Å². The van der Waals surface area contributed by atoms with Gasteiger partial charge in [-0.2, -0.15) is 4.98 Å². The molecule has 0 fully saturated rings. The van der Waals surface area contributed by atoms with Crippen LogP contribution in [0, 0.1) is 12.8 Å². The monoisotopic (exact) mass is 324 g/mol. The van der Waals surface area contributed by atoms with Crippen LogP contribution in [0.1, 0.15) is 19.5 Å². The second-order valence-corrected chi connectivity index (χ2v) is 6.09. The average Bonchev–Trinajstić information content (AvgIpc) is 2.39. The Morgan fingerprint density at radius 1 is 1.14 bits per heavy atom. The first-order valence-electron chi connectivity index (χ1n) is 6.75. The van der Waals surface area contributed by atoms with Gasteiger partial charge in [-0.1, -0.05) is 37.0 Å². The van der Waals surface area contributed by atoms with Crippen LogP contribution in [0.3, 0.4) is 0 Å². The molecule has 0 radical (unpaired) electrons. The normalized spacial score (nSPS) is 10.8. The van der Waals surface area contributed by atoms with Crippen molar-refractivity contribution < 1.29 is 0 Å². The molecular weight excluding hydrogens is 307 g/mol. The fraction of sp³-hybridized carbons (Fsp3) is 0.333. The van der Waals surface area contributed by atoms with E-state index in [-0.39, 0.29) is 0 Å². The molecule has 0 amide bonds. The molecule has 2 rings (SSSR count). The molecule has 4 nitrogen and oxygen atoms in total. The van der Waals surface area contributed by atoms with E-state index in [4.69, 9.17) is 23.2 Å². The summed E-state index contributed by atoms with van der Waals surface area (Å²) in [6.07, 6.45) is 0. The first kappa shape index (κ1) is 15.9. The quantitative estimate of drug-likeness (QED) is 0.820. The molecular formula is C15H18Cl2N4. The zero-order valence-electron chi connectivity index (χ0n) is 12.2. The first-order chi connectivity index (χ1) is 9.94. The smallest absolute Gasteiger partial charge is 0.224 e. The maximum Gasteiger partial charge on any atom is 0.224 e. The van der Waals surface area contributed by atoms with Crippen molar-refractivity contribution >= 4 is 40.7 Å². The predicted molar refractivity (Wildman–Crippen MR) is 89.8 cm³/mol. The summed E-state index contributed by atoms with van der Waals surface area (Å²) in [4.78, 5) is 8.81. The molecule has 112 valence electrons. The first-order valence-corrected chi connectivity index (χ1v) is 7.51. The number of rotatable bonds is 5. The van der Waals surface area contributed by atoms with Crippen LogP contribution in [0.25, 0.3) is 0 Å². The minimum atomic E-state index is 0.524. The van der Waals surface area contributed by atoms with Gasteiger partial charge in [-0.05, 0) is 31.0 Å². The topological polar surface area (TPSA) is 49.8 Å². The lowest BCUT2D eigenvalue weighted by Gasteiger charge is -2.12. The summed E-state index contributed by atoms with van der Waals surface area (Å²) in [5.74, 6) is 1.82. The van der Waals surface area contributed by atoms with Crippen molar-refractivity contribution in [3.05, 3.63) is 40.0 Å². The third kappa shape index (κ3) is 4.76. The molecule has 2 aromatic rings. The van der Waals surface area contributed by atoms with E-state index >= 15 is 0 Å². The number of aryl methyl sites for hydroxylation is 1. The van der Waals surface area contributed by atoms with Crippen molar-refractivity contribution in [1.82, 2.24) is 9.97 Å². The summed E-state index contributed by atoms with van der Waals surface area (Å²) in [5, 5.41) is 7.56. The van der Waals surface area contributed by atoms with Crippen LogP contribution < -0.4 is 10.6 Å². The third-order valence-electron chi connectivity index (χ3n) is 2.72. The number of nitrogens with one attached hydrogen (secondary N) is 2. The van der Waals surface area contributed by atoms with Crippen molar-refractivity contribution in [3.63, 3.8) is 0 Å². The zero-order valence-corrected chi connectivity index (χ0v) is 13.8. The zero-order chi connectivity index (χ0) is 15.4. The molecule has 2 N–H and O–H groups in total. The summed E-state index contributed by atoms with van der Waals surface area (Å²) in [6.45, 7) is 7.02. The molecule has 0 aliphatic rings. The molecule has 0 saturated carbocycles. The Bertz CT molecular complexity index is 629. The second-order valence-electron chi connectivity index (χ2n) is 5.24. The van der Waals surface area contributed by atoms with E-state index in [2.05, 4.69) is 34.4 Å². The maximum atomic E-state index is 6.16. The molecule has 1 aromatic heterocycles. The fourth-order valence-electron chi connectivity index (χ4n) is 1.74. The van der Waals surface area contributed by atoms with Crippen molar-refractivity contribution in [2.75, 3.05) is 17.2 Å². The van der Waals surface area contributed by atoms with Gasteiger partial charge in [0.1, 0.15) is 5.82 Å². The summed E-state index contributed by atoms with van der Waals surface area (Å²) >= 11 is 12.0. The maximum absolute atomic E-state index is 6.16. The van der Waals surface area contributed by atoms with Crippen molar-refractivity contribution in [3.8, 4) is 0 Å². The largest absolute Gasteiger partial charge is 0.354 e. The predicted octanol–water partition coefficient (Wildman–Crippen LogP) is 4.90. The second kappa shape index (κ2) is 6.96. The highest BCUT2D eigenvalue weighted by molar-refractivity contribution is 6.36. The van der Waals surface area contributed by atoms with E-state index < -0.39 is 0 Å². The standard InChI is InChI=1S/C15H18Cl2N4/c1-9(2)8-18-15-19-10(3)6-14(21-15)20-13-5-4-11(16)7-12(13)17/h4-7,9H,8H2,1-3H3,(H2,18,19,20,21). The molecule has 0 aliphatic carbocycles. The average molecular weight is 325 g/mol. The molecule has 0 unspecified atom stereocenters. The van der Waals surface area contributed by atoms with E-state index in [0.29, 0.717) is 27.7 Å². The van der Waals surface area contributed by atoms with E-state index in [9.17, 15) is 0 Å². The van der Waals surface area contributed by atoms with Gasteiger partial charge in [0.25, 0.3) is 0 Å². The SMILES string of the molecule is Cc1cc(Nc2ccc(Cl)cc2Cl)nc(NCC(C)C)n1. The van der Waals surface area contributed by atoms with Gasteiger partial charge in [-0.3, -0.25) is 0 Å². The van der Waals surface area contributed by atoms with E-state index in [1.165, 1.54) is 0 Å². The number of benzene rings is 1. The number of hydrogen-bond acceptors (Lipinski definition) is 4. The van der Waals surface area contributed by atoms with Crippen LogP contribution in [0.15, 0.2) is 24.3 Å². The molecule has 0 saturated heterocycles. The highest BCUT2D eigenvalue weighted by atomic mass is 35.5. The fourth-order valence-corrected chi connectivity index (χ4v) is 2.19. The minimum absolute atomic E-state index is 0.524. The summed E-state index contributed by atoms with van der Waals surface area (Å²) in [6, 6.07) is 7.16. The Hall–Kier alpha value is -1.52. The van der Waals surface area contributed by atoms with Gasteiger partial charge in [0, 0.05) is 23.3 Å². The Morgan fingerprint density at radius 3 is 2.57 bits per heavy atom. The molecule has 0 bridgehead atoms. The van der Waals surface area contributed by atoms with Crippen LogP contribution in [-0.4, -0.2) is 16.5 Å². The van der Waals surface area contributed by atoms with Gasteiger partial charge in [0.2, 0.25) is 5.95 Å². The Morgan fingerprint density at radius 2 is 1.90 bits per heavy atom. The Labute approximate surface area is 134 Å². The van der Waals surface area contributed by atoms with Gasteiger partial charge >= 0.3 is 0 Å². The lowest BCUT2D eigenvalue weighted by molar-refractivity contribution is 0.684. The van der Waals surface area contributed by atoms with Crippen molar-refractivity contribution in [1.29, 1.82) is 0 Å². The van der Waals surface area contributed by atoms with E-state index in [1.807, 2.05) is 19.1 Å². The van der Waals surface area contributed by atoms with Crippen molar-refractivity contribution in [2.45, 2.75) is 20.8 Å². The van der Waals surface area contributed by atoms with Gasteiger partial charge in [-0.15, -0.1) is 0 Å². The van der Waals surface area contributed by atoms with Gasteiger partial charge in [-0.25, -0.2) is 4.98 Å². The molecule has 21 heavy (non-hydrogen) atoms. The summed E-state index contributed by atoms with van der Waals surface area (Å²) in [7, 11) is 0. The van der Waals surface area contributed by atoms with Crippen molar-refractivity contribution in [2.24, 2.45) is 5.92 Å². The number of halogens is 2. The van der Waals surface area contributed by atoms with Crippen LogP contribution in [0.4, 0.5) is 17.5 Å². The molecule has 0 aliphatic heterocycles.